The number of thiazole rings is 1. The number of rotatable bonds is 4. The summed E-state index contributed by atoms with van der Waals surface area (Å²) in [6, 6.07) is 9.98. The number of hydrogen-bond donors (Lipinski definition) is 1. The molecule has 0 unspecified atom stereocenters. The van der Waals surface area contributed by atoms with Gasteiger partial charge >= 0.3 is 6.03 Å². The monoisotopic (exact) mass is 345 g/mol. The lowest BCUT2D eigenvalue weighted by Crippen LogP contribution is -2.50. The standard InChI is InChI=1S/C18H23N3O2S/c1-13-10-21(17(11-23-13)15-6-4-3-5-7-15)18(22)19-9-8-16-12-24-14(2)20-16/h3-7,12-13,17H,8-11H2,1-2H3,(H,19,22)/t13-,17+/m0/s1. The molecule has 1 aromatic heterocycles. The molecule has 0 spiro atoms. The van der Waals surface area contributed by atoms with Crippen LogP contribution in [0.3, 0.4) is 0 Å². The Hall–Kier alpha value is -1.92. The molecule has 1 N–H and O–H groups in total. The number of benzene rings is 1. The molecule has 1 aliphatic rings. The van der Waals surface area contributed by atoms with Gasteiger partial charge in [0.15, 0.2) is 0 Å². The van der Waals surface area contributed by atoms with Crippen molar-refractivity contribution in [2.75, 3.05) is 19.7 Å². The zero-order valence-electron chi connectivity index (χ0n) is 14.1. The first kappa shape index (κ1) is 16.9. The molecule has 0 radical (unpaired) electrons. The van der Waals surface area contributed by atoms with Crippen LogP contribution in [0.25, 0.3) is 0 Å². The van der Waals surface area contributed by atoms with Gasteiger partial charge in [0.05, 0.1) is 29.5 Å². The Morgan fingerprint density at radius 2 is 2.21 bits per heavy atom. The Balaban J connectivity index is 1.61. The maximum absolute atomic E-state index is 12.7. The maximum Gasteiger partial charge on any atom is 0.318 e. The number of morpholine rings is 1. The molecule has 2 heterocycles. The van der Waals surface area contributed by atoms with Crippen LogP contribution in [0.4, 0.5) is 4.79 Å². The highest BCUT2D eigenvalue weighted by atomic mass is 32.1. The van der Waals surface area contributed by atoms with Crippen molar-refractivity contribution in [3.8, 4) is 0 Å². The number of amides is 2. The van der Waals surface area contributed by atoms with Gasteiger partial charge in [-0.1, -0.05) is 30.3 Å². The van der Waals surface area contributed by atoms with Crippen molar-refractivity contribution in [2.45, 2.75) is 32.4 Å². The molecule has 24 heavy (non-hydrogen) atoms. The van der Waals surface area contributed by atoms with Gasteiger partial charge in [-0.15, -0.1) is 11.3 Å². The minimum absolute atomic E-state index is 0.0362. The Morgan fingerprint density at radius 3 is 2.92 bits per heavy atom. The second-order valence-corrected chi connectivity index (χ2v) is 7.12. The number of ether oxygens (including phenoxy) is 1. The number of carbonyl (C=O) groups is 1. The highest BCUT2D eigenvalue weighted by Gasteiger charge is 2.31. The van der Waals surface area contributed by atoms with Gasteiger partial charge in [-0.2, -0.15) is 0 Å². The second-order valence-electron chi connectivity index (χ2n) is 6.06. The summed E-state index contributed by atoms with van der Waals surface area (Å²) in [5.41, 5.74) is 2.14. The lowest BCUT2D eigenvalue weighted by Gasteiger charge is -2.38. The Bertz CT molecular complexity index is 674. The van der Waals surface area contributed by atoms with Gasteiger partial charge in [-0.3, -0.25) is 0 Å². The fourth-order valence-electron chi connectivity index (χ4n) is 2.90. The molecular formula is C18H23N3O2S. The molecule has 5 nitrogen and oxygen atoms in total. The number of hydrogen-bond acceptors (Lipinski definition) is 4. The normalized spacial score (nSPS) is 20.8. The molecule has 0 bridgehead atoms. The summed E-state index contributed by atoms with van der Waals surface area (Å²) < 4.78 is 5.77. The van der Waals surface area contributed by atoms with E-state index in [4.69, 9.17) is 4.74 Å². The van der Waals surface area contributed by atoms with Gasteiger partial charge in [0.25, 0.3) is 0 Å². The number of aromatic nitrogens is 1. The molecular weight excluding hydrogens is 322 g/mol. The van der Waals surface area contributed by atoms with Gasteiger partial charge in [-0.05, 0) is 19.4 Å². The van der Waals surface area contributed by atoms with E-state index in [2.05, 4.69) is 10.3 Å². The summed E-state index contributed by atoms with van der Waals surface area (Å²) in [6.45, 7) is 5.71. The van der Waals surface area contributed by atoms with E-state index in [0.717, 1.165) is 22.7 Å². The molecule has 1 aliphatic heterocycles. The van der Waals surface area contributed by atoms with E-state index in [1.54, 1.807) is 11.3 Å². The maximum atomic E-state index is 12.7. The van der Waals surface area contributed by atoms with Gasteiger partial charge in [-0.25, -0.2) is 9.78 Å². The van der Waals surface area contributed by atoms with Gasteiger partial charge in [0.2, 0.25) is 0 Å². The highest BCUT2D eigenvalue weighted by molar-refractivity contribution is 7.09. The van der Waals surface area contributed by atoms with E-state index < -0.39 is 0 Å². The van der Waals surface area contributed by atoms with E-state index in [0.29, 0.717) is 19.7 Å². The third kappa shape index (κ3) is 4.13. The molecule has 0 aliphatic carbocycles. The average Bonchev–Trinajstić information content (AvgIpc) is 3.01. The minimum Gasteiger partial charge on any atom is -0.374 e. The van der Waals surface area contributed by atoms with Crippen LogP contribution < -0.4 is 5.32 Å². The van der Waals surface area contributed by atoms with Crippen LogP contribution >= 0.6 is 11.3 Å². The topological polar surface area (TPSA) is 54.5 Å². The predicted molar refractivity (Wildman–Crippen MR) is 95.3 cm³/mol. The number of urea groups is 1. The van der Waals surface area contributed by atoms with Crippen LogP contribution in [0.15, 0.2) is 35.7 Å². The van der Waals surface area contributed by atoms with E-state index in [1.165, 1.54) is 0 Å². The number of aryl methyl sites for hydroxylation is 1. The molecule has 1 saturated heterocycles. The lowest BCUT2D eigenvalue weighted by atomic mass is 10.0. The first-order valence-electron chi connectivity index (χ1n) is 8.25. The van der Waals surface area contributed by atoms with Crippen LogP contribution in [0.2, 0.25) is 0 Å². The van der Waals surface area contributed by atoms with Crippen LogP contribution in [-0.2, 0) is 11.2 Å². The first-order valence-corrected chi connectivity index (χ1v) is 9.13. The highest BCUT2D eigenvalue weighted by Crippen LogP contribution is 2.26. The molecule has 2 amide bonds. The molecule has 2 atom stereocenters. The van der Waals surface area contributed by atoms with Gasteiger partial charge in [0, 0.05) is 24.9 Å². The summed E-state index contributed by atoms with van der Waals surface area (Å²) >= 11 is 1.64. The fraction of sp³-hybridized carbons (Fsp3) is 0.444. The summed E-state index contributed by atoms with van der Waals surface area (Å²) in [5.74, 6) is 0. The molecule has 3 rings (SSSR count). The van der Waals surface area contributed by atoms with E-state index in [1.807, 2.05) is 54.5 Å². The summed E-state index contributed by atoms with van der Waals surface area (Å²) in [6.07, 6.45) is 0.809. The van der Waals surface area contributed by atoms with Crippen molar-refractivity contribution >= 4 is 17.4 Å². The molecule has 1 fully saturated rings. The molecule has 2 aromatic rings. The van der Waals surface area contributed by atoms with Crippen molar-refractivity contribution in [3.63, 3.8) is 0 Å². The zero-order chi connectivity index (χ0) is 16.9. The van der Waals surface area contributed by atoms with Crippen LogP contribution in [0, 0.1) is 6.92 Å². The van der Waals surface area contributed by atoms with Crippen LogP contribution in [0.1, 0.15) is 29.2 Å². The zero-order valence-corrected chi connectivity index (χ0v) is 14.9. The van der Waals surface area contributed by atoms with Gasteiger partial charge in [0.1, 0.15) is 0 Å². The molecule has 128 valence electrons. The second kappa shape index (κ2) is 7.77. The summed E-state index contributed by atoms with van der Waals surface area (Å²) in [4.78, 5) is 19.0. The largest absolute Gasteiger partial charge is 0.374 e. The van der Waals surface area contributed by atoms with Gasteiger partial charge < -0.3 is 15.0 Å². The lowest BCUT2D eigenvalue weighted by molar-refractivity contribution is -0.0380. The van der Waals surface area contributed by atoms with Crippen molar-refractivity contribution in [3.05, 3.63) is 52.0 Å². The Labute approximate surface area is 146 Å². The SMILES string of the molecule is Cc1nc(CCNC(=O)N2C[C@H](C)OC[C@@H]2c2ccccc2)cs1. The van der Waals surface area contributed by atoms with Crippen molar-refractivity contribution in [1.29, 1.82) is 0 Å². The van der Waals surface area contributed by atoms with Crippen LogP contribution in [-0.4, -0.2) is 41.7 Å². The Kier molecular flexibility index (Phi) is 5.48. The van der Waals surface area contributed by atoms with Crippen LogP contribution in [0.5, 0.6) is 0 Å². The number of nitrogens with one attached hydrogen (secondary N) is 1. The molecule has 6 heteroatoms. The number of nitrogens with zero attached hydrogens (tertiary/aromatic N) is 2. The fourth-order valence-corrected chi connectivity index (χ4v) is 3.55. The van der Waals surface area contributed by atoms with E-state index >= 15 is 0 Å². The quantitative estimate of drug-likeness (QED) is 0.926. The predicted octanol–water partition coefficient (Wildman–Crippen LogP) is 3.17. The number of carbonyl (C=O) groups excluding carboxylic acids is 1. The summed E-state index contributed by atoms with van der Waals surface area (Å²) in [5, 5.41) is 6.13. The van der Waals surface area contributed by atoms with Crippen molar-refractivity contribution in [1.82, 2.24) is 15.2 Å². The third-order valence-electron chi connectivity index (χ3n) is 4.14. The van der Waals surface area contributed by atoms with Crippen molar-refractivity contribution in [2.24, 2.45) is 0 Å². The van der Waals surface area contributed by atoms with Crippen molar-refractivity contribution < 1.29 is 9.53 Å². The third-order valence-corrected chi connectivity index (χ3v) is 4.96. The minimum atomic E-state index is -0.0380. The first-order chi connectivity index (χ1) is 11.6. The summed E-state index contributed by atoms with van der Waals surface area (Å²) in [7, 11) is 0. The molecule has 1 aromatic carbocycles. The smallest absolute Gasteiger partial charge is 0.318 e. The van der Waals surface area contributed by atoms with E-state index in [9.17, 15) is 4.79 Å². The van der Waals surface area contributed by atoms with E-state index in [-0.39, 0.29) is 18.2 Å². The average molecular weight is 345 g/mol. The molecule has 0 saturated carbocycles. The Morgan fingerprint density at radius 1 is 1.42 bits per heavy atom.